The Kier molecular flexibility index (Phi) is 5.48. The summed E-state index contributed by atoms with van der Waals surface area (Å²) in [6, 6.07) is 14.8. The lowest BCUT2D eigenvalue weighted by Gasteiger charge is -2.29. The molecule has 1 saturated carbocycles. The molecule has 1 aliphatic rings. The van der Waals surface area contributed by atoms with Gasteiger partial charge in [-0.25, -0.2) is 0 Å². The number of rotatable bonds is 6. The number of carbonyl (C=O) groups is 1. The summed E-state index contributed by atoms with van der Waals surface area (Å²) in [4.78, 5) is 11.7. The summed E-state index contributed by atoms with van der Waals surface area (Å²) in [7, 11) is 0. The highest BCUT2D eigenvalue weighted by molar-refractivity contribution is 5.91. The fourth-order valence-corrected chi connectivity index (χ4v) is 3.30. The maximum absolute atomic E-state index is 11.7. The summed E-state index contributed by atoms with van der Waals surface area (Å²) in [5.41, 5.74) is 1.47. The molecule has 1 fully saturated rings. The topological polar surface area (TPSA) is 54.3 Å². The Labute approximate surface area is 137 Å². The van der Waals surface area contributed by atoms with Gasteiger partial charge in [0, 0.05) is 19.1 Å². The van der Waals surface area contributed by atoms with E-state index < -0.39 is 0 Å². The molecule has 122 valence electrons. The number of amides is 1. The first-order valence-electron chi connectivity index (χ1n) is 8.43. The lowest BCUT2D eigenvalue weighted by molar-refractivity contribution is 0.0925. The first-order chi connectivity index (χ1) is 11.3. The summed E-state index contributed by atoms with van der Waals surface area (Å²) >= 11 is 0. The van der Waals surface area contributed by atoms with Crippen LogP contribution in [0.2, 0.25) is 0 Å². The van der Waals surface area contributed by atoms with Gasteiger partial charge in [-0.1, -0.05) is 30.3 Å². The summed E-state index contributed by atoms with van der Waals surface area (Å²) in [5, 5.41) is 6.41. The molecule has 1 amide bonds. The Morgan fingerprint density at radius 2 is 1.78 bits per heavy atom. The minimum Gasteiger partial charge on any atom is -0.459 e. The van der Waals surface area contributed by atoms with E-state index >= 15 is 0 Å². The van der Waals surface area contributed by atoms with Gasteiger partial charge in [-0.15, -0.1) is 0 Å². The number of carbonyl (C=O) groups excluding carboxylic acids is 1. The second-order valence-electron chi connectivity index (χ2n) is 6.15. The molecule has 3 rings (SSSR count). The third-order valence-corrected chi connectivity index (χ3v) is 4.59. The van der Waals surface area contributed by atoms with Crippen LogP contribution in [-0.4, -0.2) is 25.0 Å². The first kappa shape index (κ1) is 15.8. The molecule has 1 heterocycles. The average molecular weight is 312 g/mol. The number of benzene rings is 1. The van der Waals surface area contributed by atoms with Crippen LogP contribution >= 0.6 is 0 Å². The predicted octanol–water partition coefficient (Wildman–Crippen LogP) is 3.33. The highest BCUT2D eigenvalue weighted by Gasteiger charge is 2.21. The van der Waals surface area contributed by atoms with Crippen molar-refractivity contribution in [2.24, 2.45) is 0 Å². The maximum Gasteiger partial charge on any atom is 0.287 e. The smallest absolute Gasteiger partial charge is 0.287 e. The van der Waals surface area contributed by atoms with Crippen molar-refractivity contribution >= 4 is 5.91 Å². The number of hydrogen-bond donors (Lipinski definition) is 2. The molecule has 0 unspecified atom stereocenters. The zero-order chi connectivity index (χ0) is 15.9. The van der Waals surface area contributed by atoms with E-state index in [1.54, 1.807) is 12.1 Å². The third kappa shape index (κ3) is 4.45. The third-order valence-electron chi connectivity index (χ3n) is 4.59. The minimum atomic E-state index is -0.149. The Morgan fingerprint density at radius 1 is 1.00 bits per heavy atom. The fourth-order valence-electron chi connectivity index (χ4n) is 3.30. The van der Waals surface area contributed by atoms with Crippen LogP contribution in [0.4, 0.5) is 0 Å². The molecule has 0 atom stereocenters. The van der Waals surface area contributed by atoms with E-state index in [1.165, 1.54) is 37.5 Å². The molecule has 0 aliphatic heterocycles. The monoisotopic (exact) mass is 312 g/mol. The molecular formula is C19H24N2O2. The van der Waals surface area contributed by atoms with Crippen molar-refractivity contribution in [1.82, 2.24) is 10.6 Å². The van der Waals surface area contributed by atoms with Gasteiger partial charge >= 0.3 is 0 Å². The zero-order valence-electron chi connectivity index (χ0n) is 13.3. The molecule has 0 radical (unpaired) electrons. The van der Waals surface area contributed by atoms with Crippen molar-refractivity contribution in [2.75, 3.05) is 13.1 Å². The molecule has 2 aromatic rings. The van der Waals surface area contributed by atoms with Crippen LogP contribution in [0.5, 0.6) is 0 Å². The largest absolute Gasteiger partial charge is 0.459 e. The summed E-state index contributed by atoms with van der Waals surface area (Å²) in [6.07, 6.45) is 6.39. The van der Waals surface area contributed by atoms with E-state index in [0.29, 0.717) is 24.3 Å². The minimum absolute atomic E-state index is 0.149. The van der Waals surface area contributed by atoms with Crippen LogP contribution in [0.25, 0.3) is 0 Å². The molecule has 1 aliphatic carbocycles. The van der Waals surface area contributed by atoms with Gasteiger partial charge in [0.15, 0.2) is 5.76 Å². The Balaban J connectivity index is 1.33. The van der Waals surface area contributed by atoms with E-state index in [9.17, 15) is 4.79 Å². The highest BCUT2D eigenvalue weighted by Crippen LogP contribution is 2.32. The van der Waals surface area contributed by atoms with Crippen LogP contribution in [0.3, 0.4) is 0 Å². The van der Waals surface area contributed by atoms with Crippen molar-refractivity contribution in [1.29, 1.82) is 0 Å². The first-order valence-corrected chi connectivity index (χ1v) is 8.43. The van der Waals surface area contributed by atoms with Crippen molar-refractivity contribution in [2.45, 2.75) is 37.6 Å². The highest BCUT2D eigenvalue weighted by atomic mass is 16.3. The van der Waals surface area contributed by atoms with Gasteiger partial charge in [0.25, 0.3) is 5.91 Å². The molecule has 0 bridgehead atoms. The average Bonchev–Trinajstić information content (AvgIpc) is 3.15. The predicted molar refractivity (Wildman–Crippen MR) is 90.5 cm³/mol. The van der Waals surface area contributed by atoms with E-state index in [-0.39, 0.29) is 5.91 Å². The maximum atomic E-state index is 11.7. The van der Waals surface area contributed by atoms with Crippen molar-refractivity contribution in [3.05, 3.63) is 60.1 Å². The van der Waals surface area contributed by atoms with E-state index in [1.807, 2.05) is 0 Å². The van der Waals surface area contributed by atoms with E-state index in [2.05, 4.69) is 41.0 Å². The summed E-state index contributed by atoms with van der Waals surface area (Å²) in [6.45, 7) is 1.42. The molecule has 1 aromatic heterocycles. The number of nitrogens with one attached hydrogen (secondary N) is 2. The van der Waals surface area contributed by atoms with Gasteiger partial charge in [-0.3, -0.25) is 4.79 Å². The Bertz CT molecular complexity index is 587. The lowest BCUT2D eigenvalue weighted by Crippen LogP contribution is -2.38. The molecule has 0 saturated heterocycles. The van der Waals surface area contributed by atoms with E-state index in [4.69, 9.17) is 4.42 Å². The van der Waals surface area contributed by atoms with Gasteiger partial charge in [-0.2, -0.15) is 0 Å². The van der Waals surface area contributed by atoms with Gasteiger partial charge in [0.05, 0.1) is 6.26 Å². The quantitative estimate of drug-likeness (QED) is 0.805. The van der Waals surface area contributed by atoms with Crippen LogP contribution in [0, 0.1) is 0 Å². The molecule has 2 N–H and O–H groups in total. The Morgan fingerprint density at radius 3 is 2.48 bits per heavy atom. The summed E-state index contributed by atoms with van der Waals surface area (Å²) < 4.78 is 5.06. The number of furan rings is 1. The number of hydrogen-bond acceptors (Lipinski definition) is 3. The standard InChI is InChI=1S/C19H24N2O2/c22-19(18-7-4-14-23-18)21-13-12-20-17-10-8-16(9-11-17)15-5-2-1-3-6-15/h1-7,14,16-17,20H,8-13H2,(H,21,22). The molecular weight excluding hydrogens is 288 g/mol. The summed E-state index contributed by atoms with van der Waals surface area (Å²) in [5.74, 6) is 0.922. The normalized spacial score (nSPS) is 21.0. The lowest BCUT2D eigenvalue weighted by atomic mass is 9.82. The van der Waals surface area contributed by atoms with Crippen molar-refractivity contribution < 1.29 is 9.21 Å². The molecule has 0 spiro atoms. The zero-order valence-corrected chi connectivity index (χ0v) is 13.3. The van der Waals surface area contributed by atoms with Crippen LogP contribution < -0.4 is 10.6 Å². The SMILES string of the molecule is O=C(NCCNC1CCC(c2ccccc2)CC1)c1ccco1. The van der Waals surface area contributed by atoms with Gasteiger partial charge in [0.1, 0.15) is 0 Å². The van der Waals surface area contributed by atoms with Gasteiger partial charge in [-0.05, 0) is 49.3 Å². The fraction of sp³-hybridized carbons (Fsp3) is 0.421. The molecule has 23 heavy (non-hydrogen) atoms. The van der Waals surface area contributed by atoms with Crippen LogP contribution in [0.1, 0.15) is 47.7 Å². The van der Waals surface area contributed by atoms with Crippen molar-refractivity contribution in [3.8, 4) is 0 Å². The van der Waals surface area contributed by atoms with Gasteiger partial charge < -0.3 is 15.1 Å². The second kappa shape index (κ2) is 7.97. The van der Waals surface area contributed by atoms with E-state index in [0.717, 1.165) is 6.54 Å². The Hall–Kier alpha value is -2.07. The van der Waals surface area contributed by atoms with Crippen LogP contribution in [0.15, 0.2) is 53.1 Å². The second-order valence-corrected chi connectivity index (χ2v) is 6.15. The molecule has 4 heteroatoms. The molecule has 4 nitrogen and oxygen atoms in total. The van der Waals surface area contributed by atoms with Crippen LogP contribution in [-0.2, 0) is 0 Å². The van der Waals surface area contributed by atoms with Crippen molar-refractivity contribution in [3.63, 3.8) is 0 Å². The van der Waals surface area contributed by atoms with Gasteiger partial charge in [0.2, 0.25) is 0 Å². The molecule has 1 aromatic carbocycles.